The molecule has 1 aliphatic rings. The summed E-state index contributed by atoms with van der Waals surface area (Å²) in [5.74, 6) is -0.212. The van der Waals surface area contributed by atoms with Crippen molar-refractivity contribution >= 4 is 5.97 Å². The third-order valence-corrected chi connectivity index (χ3v) is 2.09. The van der Waals surface area contributed by atoms with Crippen LogP contribution in [0.3, 0.4) is 0 Å². The number of aliphatic carboxylic acids is 1. The van der Waals surface area contributed by atoms with E-state index in [2.05, 4.69) is 10.2 Å². The summed E-state index contributed by atoms with van der Waals surface area (Å²) in [6.07, 6.45) is 1.20. The second kappa shape index (κ2) is 2.06. The molecule has 0 bridgehead atoms. The van der Waals surface area contributed by atoms with Gasteiger partial charge in [0.2, 0.25) is 11.8 Å². The van der Waals surface area contributed by atoms with Crippen LogP contribution >= 0.6 is 0 Å². The zero-order valence-electron chi connectivity index (χ0n) is 6.57. The first-order chi connectivity index (χ1) is 5.65. The van der Waals surface area contributed by atoms with Crippen LogP contribution in [0.15, 0.2) is 4.42 Å². The molecule has 0 aromatic carbocycles. The monoisotopic (exact) mass is 168 g/mol. The first-order valence-corrected chi connectivity index (χ1v) is 3.69. The van der Waals surface area contributed by atoms with Crippen LogP contribution < -0.4 is 0 Å². The van der Waals surface area contributed by atoms with E-state index >= 15 is 0 Å². The summed E-state index contributed by atoms with van der Waals surface area (Å²) in [6, 6.07) is 0. The van der Waals surface area contributed by atoms with Crippen molar-refractivity contribution < 1.29 is 14.3 Å². The van der Waals surface area contributed by atoms with E-state index in [-0.39, 0.29) is 5.89 Å². The number of carboxylic acid groups (broad SMARTS) is 1. The maximum absolute atomic E-state index is 10.8. The molecule has 5 nitrogen and oxygen atoms in total. The normalized spacial score (nSPS) is 19.1. The van der Waals surface area contributed by atoms with Crippen LogP contribution in [-0.4, -0.2) is 21.3 Å². The van der Waals surface area contributed by atoms with Crippen LogP contribution in [0.25, 0.3) is 0 Å². The Hall–Kier alpha value is -1.39. The molecule has 0 spiro atoms. The maximum Gasteiger partial charge on any atom is 0.319 e. The fourth-order valence-electron chi connectivity index (χ4n) is 1.13. The summed E-state index contributed by atoms with van der Waals surface area (Å²) < 4.78 is 5.07. The molecule has 0 atom stereocenters. The molecule has 5 heteroatoms. The van der Waals surface area contributed by atoms with Gasteiger partial charge in [-0.05, 0) is 12.8 Å². The average molecular weight is 168 g/mol. The van der Waals surface area contributed by atoms with E-state index in [4.69, 9.17) is 9.52 Å². The summed E-state index contributed by atoms with van der Waals surface area (Å²) >= 11 is 0. The molecule has 0 saturated heterocycles. The molecular weight excluding hydrogens is 160 g/mol. The quantitative estimate of drug-likeness (QED) is 0.695. The molecule has 1 aromatic heterocycles. The third kappa shape index (κ3) is 0.823. The van der Waals surface area contributed by atoms with Crippen molar-refractivity contribution in [2.45, 2.75) is 25.2 Å². The Balaban J connectivity index is 2.36. The summed E-state index contributed by atoms with van der Waals surface area (Å²) in [7, 11) is 0. The van der Waals surface area contributed by atoms with Gasteiger partial charge in [-0.15, -0.1) is 10.2 Å². The molecule has 1 saturated carbocycles. The Morgan fingerprint density at radius 2 is 2.25 bits per heavy atom. The predicted molar refractivity (Wildman–Crippen MR) is 37.6 cm³/mol. The summed E-state index contributed by atoms with van der Waals surface area (Å²) in [6.45, 7) is 1.65. The number of carbonyl (C=O) groups is 1. The first kappa shape index (κ1) is 7.27. The molecule has 2 rings (SSSR count). The molecule has 0 radical (unpaired) electrons. The minimum atomic E-state index is -0.869. The molecule has 1 heterocycles. The van der Waals surface area contributed by atoms with E-state index in [1.54, 1.807) is 6.92 Å². The van der Waals surface area contributed by atoms with E-state index in [0.29, 0.717) is 18.7 Å². The van der Waals surface area contributed by atoms with Gasteiger partial charge in [0.25, 0.3) is 0 Å². The standard InChI is InChI=1S/C7H8N2O3/c1-4-8-9-5(12-4)7(2-3-7)6(10)11/h2-3H2,1H3,(H,10,11). The highest BCUT2D eigenvalue weighted by atomic mass is 16.4. The Kier molecular flexibility index (Phi) is 1.25. The second-order valence-electron chi connectivity index (χ2n) is 3.01. The smallest absolute Gasteiger partial charge is 0.319 e. The van der Waals surface area contributed by atoms with Gasteiger partial charge in [-0.25, -0.2) is 0 Å². The maximum atomic E-state index is 10.8. The van der Waals surface area contributed by atoms with Crippen LogP contribution in [0.5, 0.6) is 0 Å². The molecule has 12 heavy (non-hydrogen) atoms. The van der Waals surface area contributed by atoms with Gasteiger partial charge in [0.15, 0.2) is 0 Å². The average Bonchev–Trinajstić information content (AvgIpc) is 2.71. The van der Waals surface area contributed by atoms with E-state index in [0.717, 1.165) is 0 Å². The van der Waals surface area contributed by atoms with Crippen molar-refractivity contribution in [3.63, 3.8) is 0 Å². The minimum absolute atomic E-state index is 0.243. The number of aryl methyl sites for hydroxylation is 1. The molecule has 1 aromatic rings. The van der Waals surface area contributed by atoms with Crippen molar-refractivity contribution in [1.29, 1.82) is 0 Å². The predicted octanol–water partition coefficient (Wildman–Crippen LogP) is 0.494. The Morgan fingerprint density at radius 1 is 1.58 bits per heavy atom. The Labute approximate surface area is 68.4 Å². The lowest BCUT2D eigenvalue weighted by Gasteiger charge is -2.00. The number of hydrogen-bond donors (Lipinski definition) is 1. The topological polar surface area (TPSA) is 76.2 Å². The molecular formula is C7H8N2O3. The zero-order chi connectivity index (χ0) is 8.77. The van der Waals surface area contributed by atoms with Gasteiger partial charge in [0.1, 0.15) is 5.41 Å². The summed E-state index contributed by atoms with van der Waals surface area (Å²) in [5, 5.41) is 16.1. The molecule has 64 valence electrons. The van der Waals surface area contributed by atoms with Gasteiger partial charge >= 0.3 is 5.97 Å². The summed E-state index contributed by atoms with van der Waals surface area (Å²) in [4.78, 5) is 10.8. The highest BCUT2D eigenvalue weighted by Crippen LogP contribution is 2.47. The lowest BCUT2D eigenvalue weighted by atomic mass is 10.1. The Morgan fingerprint density at radius 3 is 2.58 bits per heavy atom. The molecule has 1 fully saturated rings. The lowest BCUT2D eigenvalue weighted by molar-refractivity contribution is -0.140. The Bertz CT molecular complexity index is 327. The van der Waals surface area contributed by atoms with Crippen molar-refractivity contribution in [2.75, 3.05) is 0 Å². The van der Waals surface area contributed by atoms with Crippen LogP contribution in [0.4, 0.5) is 0 Å². The van der Waals surface area contributed by atoms with Crippen LogP contribution in [0.2, 0.25) is 0 Å². The van der Waals surface area contributed by atoms with Gasteiger partial charge in [0, 0.05) is 6.92 Å². The van der Waals surface area contributed by atoms with Crippen LogP contribution in [0.1, 0.15) is 24.6 Å². The largest absolute Gasteiger partial charge is 0.480 e. The minimum Gasteiger partial charge on any atom is -0.480 e. The number of nitrogens with zero attached hydrogens (tertiary/aromatic N) is 2. The van der Waals surface area contributed by atoms with Crippen molar-refractivity contribution in [2.24, 2.45) is 0 Å². The van der Waals surface area contributed by atoms with E-state index in [1.165, 1.54) is 0 Å². The van der Waals surface area contributed by atoms with Crippen LogP contribution in [-0.2, 0) is 10.2 Å². The fraction of sp³-hybridized carbons (Fsp3) is 0.571. The highest BCUT2D eigenvalue weighted by Gasteiger charge is 2.56. The number of carboxylic acids is 1. The molecule has 0 aliphatic heterocycles. The van der Waals surface area contributed by atoms with Gasteiger partial charge in [0.05, 0.1) is 0 Å². The zero-order valence-corrected chi connectivity index (χ0v) is 6.57. The van der Waals surface area contributed by atoms with Crippen molar-refractivity contribution in [3.8, 4) is 0 Å². The van der Waals surface area contributed by atoms with Crippen LogP contribution in [0, 0.1) is 6.92 Å². The number of hydrogen-bond acceptors (Lipinski definition) is 4. The lowest BCUT2D eigenvalue weighted by Crippen LogP contribution is -2.19. The first-order valence-electron chi connectivity index (χ1n) is 3.69. The third-order valence-electron chi connectivity index (χ3n) is 2.09. The van der Waals surface area contributed by atoms with Crippen molar-refractivity contribution in [3.05, 3.63) is 11.8 Å². The molecule has 0 amide bonds. The van der Waals surface area contributed by atoms with Gasteiger partial charge in [-0.2, -0.15) is 0 Å². The van der Waals surface area contributed by atoms with Gasteiger partial charge in [-0.3, -0.25) is 4.79 Å². The number of aromatic nitrogens is 2. The van der Waals surface area contributed by atoms with Crippen molar-refractivity contribution in [1.82, 2.24) is 10.2 Å². The molecule has 0 unspecified atom stereocenters. The van der Waals surface area contributed by atoms with Gasteiger partial charge < -0.3 is 9.52 Å². The summed E-state index contributed by atoms with van der Waals surface area (Å²) in [5.41, 5.74) is -0.860. The molecule has 1 N–H and O–H groups in total. The number of rotatable bonds is 2. The van der Waals surface area contributed by atoms with E-state index in [9.17, 15) is 4.79 Å². The highest BCUT2D eigenvalue weighted by molar-refractivity contribution is 5.83. The fourth-order valence-corrected chi connectivity index (χ4v) is 1.13. The molecule has 1 aliphatic carbocycles. The second-order valence-corrected chi connectivity index (χ2v) is 3.01. The van der Waals surface area contributed by atoms with Gasteiger partial charge in [-0.1, -0.05) is 0 Å². The van der Waals surface area contributed by atoms with E-state index < -0.39 is 11.4 Å². The van der Waals surface area contributed by atoms with E-state index in [1.807, 2.05) is 0 Å². The SMILES string of the molecule is Cc1nnc(C2(C(=O)O)CC2)o1.